The van der Waals surface area contributed by atoms with Gasteiger partial charge in [0, 0.05) is 87.3 Å². The molecule has 16 nitrogen and oxygen atoms in total. The van der Waals surface area contributed by atoms with Crippen LogP contribution in [-0.4, -0.2) is 118 Å². The summed E-state index contributed by atoms with van der Waals surface area (Å²) in [6, 6.07) is 0. The highest BCUT2D eigenvalue weighted by atomic mass is 16.7. The predicted octanol–water partition coefficient (Wildman–Crippen LogP) is 3.99. The zero-order valence-electron chi connectivity index (χ0n) is 34.4. The second-order valence-corrected chi connectivity index (χ2v) is 15.6. The number of hydrogen-bond acceptors (Lipinski definition) is 15. The zero-order chi connectivity index (χ0) is 42.8. The molecule has 9 atom stereocenters. The number of nitrogens with one attached hydrogen (secondary N) is 2. The van der Waals surface area contributed by atoms with Crippen LogP contribution in [0.25, 0.3) is 10.8 Å². The van der Waals surface area contributed by atoms with E-state index in [0.717, 1.165) is 0 Å². The van der Waals surface area contributed by atoms with E-state index in [1.807, 2.05) is 0 Å². The van der Waals surface area contributed by atoms with E-state index in [-0.39, 0.29) is 44.5 Å². The lowest BCUT2D eigenvalue weighted by Crippen LogP contribution is -2.46. The van der Waals surface area contributed by atoms with E-state index >= 15 is 0 Å². The minimum atomic E-state index is -2.04. The number of ketones is 1. The van der Waals surface area contributed by atoms with Crippen molar-refractivity contribution in [3.8, 4) is 23.0 Å². The number of methoxy groups -OCH3 is 1. The van der Waals surface area contributed by atoms with Crippen molar-refractivity contribution < 1.29 is 58.9 Å². The van der Waals surface area contributed by atoms with Gasteiger partial charge in [-0.2, -0.15) is 5.10 Å². The van der Waals surface area contributed by atoms with E-state index in [2.05, 4.69) is 15.7 Å². The molecule has 0 unspecified atom stereocenters. The van der Waals surface area contributed by atoms with Crippen LogP contribution in [0.3, 0.4) is 0 Å². The third kappa shape index (κ3) is 8.51. The molecule has 1 saturated heterocycles. The summed E-state index contributed by atoms with van der Waals surface area (Å²) >= 11 is 0. The monoisotopic (exact) mass is 808 g/mol. The van der Waals surface area contributed by atoms with Crippen molar-refractivity contribution in [3.05, 3.63) is 52.8 Å². The number of fused-ring (bicyclic) bond motifs is 14. The molecule has 4 aliphatic heterocycles. The van der Waals surface area contributed by atoms with Gasteiger partial charge in [0.25, 0.3) is 11.7 Å². The molecule has 5 bridgehead atoms. The molecule has 4 heterocycles. The molecule has 58 heavy (non-hydrogen) atoms. The van der Waals surface area contributed by atoms with Gasteiger partial charge in [-0.1, -0.05) is 45.9 Å². The average molecular weight is 809 g/mol. The molecule has 0 aromatic heterocycles. The van der Waals surface area contributed by atoms with E-state index in [1.54, 1.807) is 44.9 Å². The number of aliphatic hydroxyl groups is 2. The summed E-state index contributed by atoms with van der Waals surface area (Å²) in [6.45, 7) is 14.9. The Labute approximate surface area is 337 Å². The number of hydrazone groups is 1. The van der Waals surface area contributed by atoms with Crippen molar-refractivity contribution in [2.45, 2.75) is 85.6 Å². The molecule has 0 spiro atoms. The number of ether oxygens (including phenoxy) is 4. The van der Waals surface area contributed by atoms with Gasteiger partial charge in [-0.05, 0) is 19.9 Å². The minimum Gasteiger partial charge on any atom is -0.507 e. The number of aliphatic hydroxyl groups excluding tert-OH is 2. The SMILES string of the molecule is CO[C@H]1/C=C\O[C@@]2(C)Oc3c(C)c(O)c4c(O)c(c(/C=N/N5CCNCC5)c(O)c4c3C2=O)NC(=O)/C(C)=C\C=C/[C@H](C)[C@H](O)[C@@H](C)[C@@H](O)[C@@H](C)[C@H](OC(C)=O)[C@@H]1C. The number of phenols is 3. The number of allylic oxidation sites excluding steroid dienone is 2. The number of Topliss-reactive ketones (excluding diaryl/α,β-unsaturated/α-hetero) is 1. The number of hydrogen-bond donors (Lipinski definition) is 7. The normalized spacial score (nSPS) is 32.1. The van der Waals surface area contributed by atoms with Crippen LogP contribution < -0.4 is 15.4 Å². The third-order valence-electron chi connectivity index (χ3n) is 11.5. The van der Waals surface area contributed by atoms with Crippen molar-refractivity contribution in [3.63, 3.8) is 0 Å². The van der Waals surface area contributed by atoms with Crippen molar-refractivity contribution >= 4 is 40.3 Å². The second-order valence-electron chi connectivity index (χ2n) is 15.6. The zero-order valence-corrected chi connectivity index (χ0v) is 34.4. The molecule has 0 radical (unpaired) electrons. The molecule has 0 saturated carbocycles. The van der Waals surface area contributed by atoms with Crippen LogP contribution in [0, 0.1) is 30.6 Å². The van der Waals surface area contributed by atoms with Crippen molar-refractivity contribution in [1.29, 1.82) is 0 Å². The van der Waals surface area contributed by atoms with Crippen LogP contribution in [0.15, 0.2) is 41.2 Å². The van der Waals surface area contributed by atoms with Crippen LogP contribution in [0.4, 0.5) is 5.69 Å². The van der Waals surface area contributed by atoms with Gasteiger partial charge in [0.05, 0.1) is 53.0 Å². The third-order valence-corrected chi connectivity index (χ3v) is 11.5. The number of esters is 1. The second kappa shape index (κ2) is 17.8. The van der Waals surface area contributed by atoms with Gasteiger partial charge in [0.1, 0.15) is 23.4 Å². The number of benzene rings is 2. The highest BCUT2D eigenvalue weighted by Gasteiger charge is 2.50. The number of phenolic OH excluding ortho intramolecular Hbond substituents is 3. The van der Waals surface area contributed by atoms with Crippen LogP contribution in [-0.2, 0) is 23.8 Å². The summed E-state index contributed by atoms with van der Waals surface area (Å²) in [5.74, 6) is -8.36. The molecule has 1 amide bonds. The number of amides is 1. The summed E-state index contributed by atoms with van der Waals surface area (Å²) in [5.41, 5.74) is -0.364. The molecule has 16 heteroatoms. The first-order valence-electron chi connectivity index (χ1n) is 19.4. The Hall–Kier alpha value is -5.16. The number of carbonyl (C=O) groups is 3. The smallest absolute Gasteiger partial charge is 0.312 e. The standard InChI is InChI=1S/C42H56N4O12/c1-20-11-10-12-21(2)41(54)45-32-27(19-44-46-16-14-43-15-17-46)36(51)29-30(37(32)52)35(50)25(6)39-31(29)40(53)42(8,58-39)56-18-13-28(55-9)22(3)38(57-26(7)47)24(5)34(49)23(4)33(20)48/h10-13,18-20,22-24,28,33-34,38,43,48-52H,14-17H2,1-9H3,(H,45,54)/b11-10-,18-13-,21-12-,44-19+/t20-,22+,23+,24+,28-,33-,34+,38+,42-/m0/s1. The summed E-state index contributed by atoms with van der Waals surface area (Å²) in [7, 11) is 1.44. The van der Waals surface area contributed by atoms with E-state index < -0.39 is 88.8 Å². The highest BCUT2D eigenvalue weighted by Crippen LogP contribution is 2.55. The maximum Gasteiger partial charge on any atom is 0.312 e. The van der Waals surface area contributed by atoms with Gasteiger partial charge in [-0.3, -0.25) is 19.4 Å². The van der Waals surface area contributed by atoms with Gasteiger partial charge < -0.3 is 55.1 Å². The molecular weight excluding hydrogens is 752 g/mol. The van der Waals surface area contributed by atoms with E-state index in [4.69, 9.17) is 18.9 Å². The lowest BCUT2D eigenvalue weighted by atomic mass is 9.78. The van der Waals surface area contributed by atoms with Gasteiger partial charge in [-0.25, -0.2) is 0 Å². The Kier molecular flexibility index (Phi) is 13.5. The van der Waals surface area contributed by atoms with Crippen LogP contribution >= 0.6 is 0 Å². The van der Waals surface area contributed by atoms with Crippen molar-refractivity contribution in [1.82, 2.24) is 10.3 Å². The fraction of sp³-hybridized carbons (Fsp3) is 0.524. The Morgan fingerprint density at radius 3 is 2.28 bits per heavy atom. The maximum atomic E-state index is 14.4. The Balaban J connectivity index is 1.71. The van der Waals surface area contributed by atoms with Crippen molar-refractivity contribution in [2.24, 2.45) is 28.8 Å². The lowest BCUT2D eigenvalue weighted by Gasteiger charge is -2.38. The Bertz CT molecular complexity index is 2040. The van der Waals surface area contributed by atoms with Gasteiger partial charge >= 0.3 is 11.8 Å². The first kappa shape index (κ1) is 44.0. The Morgan fingerprint density at radius 2 is 1.64 bits per heavy atom. The number of piperazine rings is 1. The first-order valence-corrected chi connectivity index (χ1v) is 19.4. The molecule has 1 fully saturated rings. The molecule has 2 aromatic rings. The number of anilines is 1. The predicted molar refractivity (Wildman–Crippen MR) is 216 cm³/mol. The fourth-order valence-electron chi connectivity index (χ4n) is 7.78. The van der Waals surface area contributed by atoms with E-state index in [0.29, 0.717) is 26.2 Å². The number of carbonyl (C=O) groups excluding carboxylic acids is 3. The largest absolute Gasteiger partial charge is 0.507 e. The minimum absolute atomic E-state index is 0.0544. The van der Waals surface area contributed by atoms with E-state index in [9.17, 15) is 39.9 Å². The first-order chi connectivity index (χ1) is 27.3. The van der Waals surface area contributed by atoms with Crippen LogP contribution in [0.1, 0.15) is 70.0 Å². The fourth-order valence-corrected chi connectivity index (χ4v) is 7.78. The molecular formula is C42H56N4O12. The summed E-state index contributed by atoms with van der Waals surface area (Å²) in [6.07, 6.45) is 4.83. The quantitative estimate of drug-likeness (QED) is 0.100. The summed E-state index contributed by atoms with van der Waals surface area (Å²) in [4.78, 5) is 40.4. The molecule has 316 valence electrons. The number of nitrogens with zero attached hydrogens (tertiary/aromatic N) is 2. The summed E-state index contributed by atoms with van der Waals surface area (Å²) < 4.78 is 23.6. The Morgan fingerprint density at radius 1 is 0.966 bits per heavy atom. The lowest BCUT2D eigenvalue weighted by molar-refractivity contribution is -0.160. The van der Waals surface area contributed by atoms with Gasteiger partial charge in [-0.15, -0.1) is 0 Å². The van der Waals surface area contributed by atoms with Crippen LogP contribution in [0.5, 0.6) is 23.0 Å². The van der Waals surface area contributed by atoms with Gasteiger partial charge in [0.15, 0.2) is 5.75 Å². The highest BCUT2D eigenvalue weighted by molar-refractivity contribution is 6.23. The molecule has 2 aromatic carbocycles. The topological polar surface area (TPSA) is 229 Å². The molecule has 6 rings (SSSR count). The average Bonchev–Trinajstić information content (AvgIpc) is 3.46. The maximum absolute atomic E-state index is 14.4. The summed E-state index contributed by atoms with van der Waals surface area (Å²) in [5, 5.41) is 69.8. The van der Waals surface area contributed by atoms with Gasteiger partial charge in [0.2, 0.25) is 0 Å². The van der Waals surface area contributed by atoms with Crippen LogP contribution in [0.2, 0.25) is 0 Å². The van der Waals surface area contributed by atoms with E-state index in [1.165, 1.54) is 59.4 Å². The van der Waals surface area contributed by atoms with Crippen molar-refractivity contribution in [2.75, 3.05) is 38.6 Å². The molecule has 4 aliphatic rings. The number of rotatable bonds is 4. The molecule has 7 N–H and O–H groups in total. The number of aromatic hydroxyl groups is 3. The molecule has 0 aliphatic carbocycles.